The molecule has 3 heterocycles. The first kappa shape index (κ1) is 12.1. The first-order valence-corrected chi connectivity index (χ1v) is 6.43. The molecule has 1 fully saturated rings. The third-order valence-corrected chi connectivity index (χ3v) is 3.44. The maximum absolute atomic E-state index is 11.5. The van der Waals surface area contributed by atoms with Crippen LogP contribution in [0.4, 0.5) is 0 Å². The summed E-state index contributed by atoms with van der Waals surface area (Å²) in [4.78, 5) is 16.0. The van der Waals surface area contributed by atoms with Gasteiger partial charge in [0.2, 0.25) is 0 Å². The Morgan fingerprint density at radius 1 is 1.58 bits per heavy atom. The number of nitrogens with one attached hydrogen (secondary N) is 1. The van der Waals surface area contributed by atoms with Gasteiger partial charge in [0.05, 0.1) is 12.7 Å². The van der Waals surface area contributed by atoms with Crippen LogP contribution in [0.1, 0.15) is 34.9 Å². The molecule has 6 heteroatoms. The van der Waals surface area contributed by atoms with E-state index in [-0.39, 0.29) is 5.97 Å². The summed E-state index contributed by atoms with van der Waals surface area (Å²) < 4.78 is 6.41. The minimum atomic E-state index is -0.355. The summed E-state index contributed by atoms with van der Waals surface area (Å²) in [6, 6.07) is 3.40. The van der Waals surface area contributed by atoms with Crippen LogP contribution in [0, 0.1) is 0 Å². The molecule has 0 aromatic carbocycles. The molecule has 1 aliphatic heterocycles. The Balaban J connectivity index is 1.93. The highest BCUT2D eigenvalue weighted by Crippen LogP contribution is 2.20. The van der Waals surface area contributed by atoms with Crippen molar-refractivity contribution in [3.05, 3.63) is 29.7 Å². The SMILES string of the molecule is COC(=O)c1ccn2nc(C3CCCNC3)nc2c1. The fourth-order valence-electron chi connectivity index (χ4n) is 2.39. The van der Waals surface area contributed by atoms with Crippen molar-refractivity contribution in [1.82, 2.24) is 19.9 Å². The molecule has 0 radical (unpaired) electrons. The molecule has 3 rings (SSSR count). The Labute approximate surface area is 110 Å². The van der Waals surface area contributed by atoms with E-state index in [1.54, 1.807) is 22.8 Å². The molecule has 0 aliphatic carbocycles. The van der Waals surface area contributed by atoms with E-state index >= 15 is 0 Å². The first-order valence-electron chi connectivity index (χ1n) is 6.43. The lowest BCUT2D eigenvalue weighted by atomic mass is 9.99. The number of pyridine rings is 1. The average molecular weight is 260 g/mol. The topological polar surface area (TPSA) is 68.5 Å². The number of nitrogens with zero attached hydrogens (tertiary/aromatic N) is 3. The van der Waals surface area contributed by atoms with Crippen LogP contribution >= 0.6 is 0 Å². The number of rotatable bonds is 2. The summed E-state index contributed by atoms with van der Waals surface area (Å²) in [6.45, 7) is 1.98. The van der Waals surface area contributed by atoms with Gasteiger partial charge in [0, 0.05) is 18.7 Å². The monoisotopic (exact) mass is 260 g/mol. The van der Waals surface area contributed by atoms with E-state index in [0.29, 0.717) is 17.1 Å². The Morgan fingerprint density at radius 3 is 3.21 bits per heavy atom. The van der Waals surface area contributed by atoms with Crippen LogP contribution in [-0.2, 0) is 4.74 Å². The Kier molecular flexibility index (Phi) is 3.16. The van der Waals surface area contributed by atoms with Crippen LogP contribution in [0.3, 0.4) is 0 Å². The molecule has 100 valence electrons. The standard InChI is InChI=1S/C13H16N4O2/c1-19-13(18)9-4-6-17-11(7-9)15-12(16-17)10-3-2-5-14-8-10/h4,6-7,10,14H,2-3,5,8H2,1H3. The molecule has 1 N–H and O–H groups in total. The van der Waals surface area contributed by atoms with Gasteiger partial charge in [0.1, 0.15) is 0 Å². The second-order valence-corrected chi connectivity index (χ2v) is 4.72. The van der Waals surface area contributed by atoms with Gasteiger partial charge < -0.3 is 10.1 Å². The second kappa shape index (κ2) is 4.97. The number of hydrogen-bond acceptors (Lipinski definition) is 5. The van der Waals surface area contributed by atoms with Gasteiger partial charge in [0.15, 0.2) is 11.5 Å². The van der Waals surface area contributed by atoms with Gasteiger partial charge in [-0.15, -0.1) is 0 Å². The van der Waals surface area contributed by atoms with E-state index in [9.17, 15) is 4.79 Å². The van der Waals surface area contributed by atoms with Gasteiger partial charge in [-0.25, -0.2) is 14.3 Å². The summed E-state index contributed by atoms with van der Waals surface area (Å²) in [5, 5.41) is 7.83. The number of fused-ring (bicyclic) bond motifs is 1. The molecule has 2 aromatic rings. The largest absolute Gasteiger partial charge is 0.465 e. The van der Waals surface area contributed by atoms with Crippen molar-refractivity contribution in [3.8, 4) is 0 Å². The molecule has 6 nitrogen and oxygen atoms in total. The minimum Gasteiger partial charge on any atom is -0.465 e. The predicted molar refractivity (Wildman–Crippen MR) is 69.2 cm³/mol. The maximum Gasteiger partial charge on any atom is 0.338 e. The zero-order valence-corrected chi connectivity index (χ0v) is 10.8. The van der Waals surface area contributed by atoms with Crippen LogP contribution in [0.15, 0.2) is 18.3 Å². The number of piperidine rings is 1. The molecular formula is C13H16N4O2. The van der Waals surface area contributed by atoms with Gasteiger partial charge in [0.25, 0.3) is 0 Å². The lowest BCUT2D eigenvalue weighted by molar-refractivity contribution is 0.0600. The van der Waals surface area contributed by atoms with E-state index in [0.717, 1.165) is 31.8 Å². The summed E-state index contributed by atoms with van der Waals surface area (Å²) in [5.41, 5.74) is 1.18. The number of carbonyl (C=O) groups is 1. The third-order valence-electron chi connectivity index (χ3n) is 3.44. The van der Waals surface area contributed by atoms with Crippen molar-refractivity contribution < 1.29 is 9.53 Å². The maximum atomic E-state index is 11.5. The highest BCUT2D eigenvalue weighted by atomic mass is 16.5. The molecule has 0 saturated carbocycles. The molecule has 1 saturated heterocycles. The summed E-state index contributed by atoms with van der Waals surface area (Å²) >= 11 is 0. The summed E-state index contributed by atoms with van der Waals surface area (Å²) in [5.74, 6) is 0.843. The van der Waals surface area contributed by atoms with Gasteiger partial charge in [-0.05, 0) is 31.5 Å². The number of ether oxygens (including phenoxy) is 1. The highest BCUT2D eigenvalue weighted by molar-refractivity contribution is 5.90. The average Bonchev–Trinajstić information content (AvgIpc) is 2.90. The first-order chi connectivity index (χ1) is 9.28. The van der Waals surface area contributed by atoms with Crippen LogP contribution in [-0.4, -0.2) is 40.8 Å². The van der Waals surface area contributed by atoms with E-state index in [1.165, 1.54) is 7.11 Å². The Morgan fingerprint density at radius 2 is 2.47 bits per heavy atom. The number of esters is 1. The van der Waals surface area contributed by atoms with Crippen molar-refractivity contribution in [2.45, 2.75) is 18.8 Å². The smallest absolute Gasteiger partial charge is 0.338 e. The molecule has 1 aliphatic rings. The molecule has 0 amide bonds. The van der Waals surface area contributed by atoms with Crippen LogP contribution in [0.5, 0.6) is 0 Å². The van der Waals surface area contributed by atoms with E-state index in [4.69, 9.17) is 4.74 Å². The number of methoxy groups -OCH3 is 1. The predicted octanol–water partition coefficient (Wildman–Crippen LogP) is 0.983. The molecule has 0 bridgehead atoms. The summed E-state index contributed by atoms with van der Waals surface area (Å²) in [7, 11) is 1.37. The third kappa shape index (κ3) is 2.31. The normalized spacial score (nSPS) is 19.5. The molecule has 2 aromatic heterocycles. The van der Waals surface area contributed by atoms with Gasteiger partial charge >= 0.3 is 5.97 Å². The molecule has 0 spiro atoms. The quantitative estimate of drug-likeness (QED) is 0.815. The van der Waals surface area contributed by atoms with Gasteiger partial charge in [-0.2, -0.15) is 5.10 Å². The van der Waals surface area contributed by atoms with E-state index in [1.807, 2.05) is 0 Å². The molecular weight excluding hydrogens is 244 g/mol. The fourth-order valence-corrected chi connectivity index (χ4v) is 2.39. The lowest BCUT2D eigenvalue weighted by Gasteiger charge is -2.19. The summed E-state index contributed by atoms with van der Waals surface area (Å²) in [6.07, 6.45) is 4.00. The fraction of sp³-hybridized carbons (Fsp3) is 0.462. The van der Waals surface area contributed by atoms with E-state index < -0.39 is 0 Å². The van der Waals surface area contributed by atoms with E-state index in [2.05, 4.69) is 15.4 Å². The highest BCUT2D eigenvalue weighted by Gasteiger charge is 2.20. The van der Waals surface area contributed by atoms with Gasteiger partial charge in [-0.3, -0.25) is 0 Å². The zero-order chi connectivity index (χ0) is 13.2. The van der Waals surface area contributed by atoms with Crippen molar-refractivity contribution in [2.75, 3.05) is 20.2 Å². The molecule has 1 unspecified atom stereocenters. The van der Waals surface area contributed by atoms with Crippen molar-refractivity contribution in [3.63, 3.8) is 0 Å². The van der Waals surface area contributed by atoms with Crippen molar-refractivity contribution in [2.24, 2.45) is 0 Å². The molecule has 19 heavy (non-hydrogen) atoms. The van der Waals surface area contributed by atoms with Crippen molar-refractivity contribution in [1.29, 1.82) is 0 Å². The van der Waals surface area contributed by atoms with Gasteiger partial charge in [-0.1, -0.05) is 0 Å². The minimum absolute atomic E-state index is 0.355. The number of carbonyl (C=O) groups excluding carboxylic acids is 1. The Bertz CT molecular complexity index is 602. The number of hydrogen-bond donors (Lipinski definition) is 1. The lowest BCUT2D eigenvalue weighted by Crippen LogP contribution is -2.28. The number of aromatic nitrogens is 3. The zero-order valence-electron chi connectivity index (χ0n) is 10.8. The van der Waals surface area contributed by atoms with Crippen LogP contribution in [0.2, 0.25) is 0 Å². The van der Waals surface area contributed by atoms with Crippen LogP contribution < -0.4 is 5.32 Å². The second-order valence-electron chi connectivity index (χ2n) is 4.72. The Hall–Kier alpha value is -1.95. The van der Waals surface area contributed by atoms with Crippen molar-refractivity contribution >= 4 is 11.6 Å². The van der Waals surface area contributed by atoms with Crippen LogP contribution in [0.25, 0.3) is 5.65 Å². The molecule has 1 atom stereocenters.